The lowest BCUT2D eigenvalue weighted by Gasteiger charge is -2.00. The van der Waals surface area contributed by atoms with Crippen molar-refractivity contribution in [2.75, 3.05) is 0 Å². The zero-order chi connectivity index (χ0) is 7.23. The summed E-state index contributed by atoms with van der Waals surface area (Å²) in [7, 11) is 0. The van der Waals surface area contributed by atoms with Crippen molar-refractivity contribution in [1.82, 2.24) is 0 Å². The molecule has 1 rings (SSSR count). The van der Waals surface area contributed by atoms with Crippen LogP contribution < -0.4 is 5.73 Å². The molecule has 0 aliphatic heterocycles. The van der Waals surface area contributed by atoms with E-state index in [2.05, 4.69) is 0 Å². The largest absolute Gasteiger partial charge is 0.480 e. The summed E-state index contributed by atoms with van der Waals surface area (Å²) in [6.45, 7) is 3.72. The van der Waals surface area contributed by atoms with Gasteiger partial charge in [-0.15, -0.1) is 0 Å². The van der Waals surface area contributed by atoms with Crippen LogP contribution in [0.3, 0.4) is 0 Å². The molecular formula is C6H11NO2. The van der Waals surface area contributed by atoms with Gasteiger partial charge in [0.15, 0.2) is 0 Å². The molecule has 0 heterocycles. The van der Waals surface area contributed by atoms with E-state index in [1.165, 1.54) is 0 Å². The third-order valence-electron chi connectivity index (χ3n) is 2.52. The molecule has 0 aromatic heterocycles. The molecule has 0 spiro atoms. The Kier molecular flexibility index (Phi) is 1.07. The molecule has 1 saturated carbocycles. The topological polar surface area (TPSA) is 63.3 Å². The summed E-state index contributed by atoms with van der Waals surface area (Å²) in [6, 6.07) is 0. The van der Waals surface area contributed by atoms with Crippen LogP contribution in [0, 0.1) is 11.8 Å². The van der Waals surface area contributed by atoms with Crippen LogP contribution in [0.15, 0.2) is 0 Å². The van der Waals surface area contributed by atoms with E-state index < -0.39 is 11.5 Å². The van der Waals surface area contributed by atoms with Gasteiger partial charge in [-0.3, -0.25) is 4.79 Å². The second-order valence-corrected chi connectivity index (χ2v) is 2.82. The molecule has 1 aliphatic rings. The van der Waals surface area contributed by atoms with Crippen molar-refractivity contribution in [2.45, 2.75) is 19.4 Å². The molecule has 9 heavy (non-hydrogen) atoms. The van der Waals surface area contributed by atoms with Gasteiger partial charge >= 0.3 is 5.97 Å². The first-order valence-electron chi connectivity index (χ1n) is 3.03. The fourth-order valence-corrected chi connectivity index (χ4v) is 1.20. The first-order valence-corrected chi connectivity index (χ1v) is 3.03. The summed E-state index contributed by atoms with van der Waals surface area (Å²) in [5.74, 6) is -0.604. The number of carboxylic acids is 1. The lowest BCUT2D eigenvalue weighted by atomic mass is 10.2. The molecule has 2 atom stereocenters. The third kappa shape index (κ3) is 0.580. The number of hydrogen-bond acceptors (Lipinski definition) is 2. The monoisotopic (exact) mass is 129 g/mol. The fraction of sp³-hybridized carbons (Fsp3) is 0.833. The zero-order valence-electron chi connectivity index (χ0n) is 5.59. The predicted molar refractivity (Wildman–Crippen MR) is 32.9 cm³/mol. The summed E-state index contributed by atoms with van der Waals surface area (Å²) in [5, 5.41) is 8.53. The van der Waals surface area contributed by atoms with Gasteiger partial charge in [0.2, 0.25) is 0 Å². The van der Waals surface area contributed by atoms with Crippen molar-refractivity contribution < 1.29 is 9.90 Å². The number of carboxylic acid groups (broad SMARTS) is 1. The number of rotatable bonds is 1. The van der Waals surface area contributed by atoms with Gasteiger partial charge in [-0.25, -0.2) is 0 Å². The van der Waals surface area contributed by atoms with E-state index >= 15 is 0 Å². The molecule has 0 saturated heterocycles. The van der Waals surface area contributed by atoms with Crippen LogP contribution >= 0.6 is 0 Å². The average molecular weight is 129 g/mol. The first kappa shape index (κ1) is 6.55. The van der Waals surface area contributed by atoms with Crippen LogP contribution in [0.4, 0.5) is 0 Å². The molecule has 2 unspecified atom stereocenters. The Balaban J connectivity index is 2.71. The van der Waals surface area contributed by atoms with Crippen molar-refractivity contribution in [2.24, 2.45) is 17.6 Å². The minimum atomic E-state index is -0.917. The highest BCUT2D eigenvalue weighted by Gasteiger charge is 2.62. The maximum absolute atomic E-state index is 10.4. The summed E-state index contributed by atoms with van der Waals surface area (Å²) in [6.07, 6.45) is 0. The van der Waals surface area contributed by atoms with E-state index in [-0.39, 0.29) is 11.8 Å². The zero-order valence-corrected chi connectivity index (χ0v) is 5.59. The Morgan fingerprint density at radius 2 is 1.89 bits per heavy atom. The Morgan fingerprint density at radius 1 is 1.56 bits per heavy atom. The Bertz CT molecular complexity index is 147. The molecule has 52 valence electrons. The second-order valence-electron chi connectivity index (χ2n) is 2.82. The lowest BCUT2D eigenvalue weighted by Crippen LogP contribution is -2.36. The molecule has 3 nitrogen and oxygen atoms in total. The standard InChI is InChI=1S/C6H11NO2/c1-3-4(2)6(3,7)5(8)9/h3-4H,7H2,1-2H3,(H,8,9). The summed E-state index contributed by atoms with van der Waals surface area (Å²) in [5.41, 5.74) is 4.56. The van der Waals surface area contributed by atoms with Crippen molar-refractivity contribution in [1.29, 1.82) is 0 Å². The second kappa shape index (κ2) is 1.48. The number of hydrogen-bond donors (Lipinski definition) is 2. The predicted octanol–water partition coefficient (Wildman–Crippen LogP) is 0.0543. The van der Waals surface area contributed by atoms with Gasteiger partial charge in [0, 0.05) is 0 Å². The van der Waals surface area contributed by atoms with E-state index in [9.17, 15) is 4.79 Å². The third-order valence-corrected chi connectivity index (χ3v) is 2.52. The van der Waals surface area contributed by atoms with Crippen molar-refractivity contribution in [3.63, 3.8) is 0 Å². The minimum Gasteiger partial charge on any atom is -0.480 e. The minimum absolute atomic E-state index is 0.134. The van der Waals surface area contributed by atoms with E-state index in [4.69, 9.17) is 10.8 Å². The fourth-order valence-electron chi connectivity index (χ4n) is 1.20. The normalized spacial score (nSPS) is 48.8. The molecule has 0 aromatic rings. The summed E-state index contributed by atoms with van der Waals surface area (Å²) in [4.78, 5) is 10.4. The highest BCUT2D eigenvalue weighted by molar-refractivity contribution is 5.83. The molecule has 3 N–H and O–H groups in total. The molecule has 1 fully saturated rings. The highest BCUT2D eigenvalue weighted by Crippen LogP contribution is 2.47. The molecule has 0 amide bonds. The van der Waals surface area contributed by atoms with Crippen LogP contribution in [0.1, 0.15) is 13.8 Å². The van der Waals surface area contributed by atoms with Crippen LogP contribution in [-0.4, -0.2) is 16.6 Å². The number of aliphatic carboxylic acids is 1. The Labute approximate surface area is 53.9 Å². The van der Waals surface area contributed by atoms with Crippen molar-refractivity contribution in [3.05, 3.63) is 0 Å². The summed E-state index contributed by atoms with van der Waals surface area (Å²) >= 11 is 0. The SMILES string of the molecule is CC1C(C)C1(N)C(=O)O. The molecule has 3 heteroatoms. The quantitative estimate of drug-likeness (QED) is 0.526. The van der Waals surface area contributed by atoms with Crippen molar-refractivity contribution >= 4 is 5.97 Å². The van der Waals surface area contributed by atoms with Crippen molar-refractivity contribution in [3.8, 4) is 0 Å². The highest BCUT2D eigenvalue weighted by atomic mass is 16.4. The smallest absolute Gasteiger partial charge is 0.324 e. The van der Waals surface area contributed by atoms with Gasteiger partial charge in [0.25, 0.3) is 0 Å². The average Bonchev–Trinajstić information content (AvgIpc) is 2.22. The van der Waals surface area contributed by atoms with Gasteiger partial charge in [0.05, 0.1) is 0 Å². The van der Waals surface area contributed by atoms with Gasteiger partial charge in [0.1, 0.15) is 5.54 Å². The van der Waals surface area contributed by atoms with Crippen LogP contribution in [0.5, 0.6) is 0 Å². The maximum Gasteiger partial charge on any atom is 0.324 e. The first-order chi connectivity index (χ1) is 4.01. The van der Waals surface area contributed by atoms with E-state index in [0.717, 1.165) is 0 Å². The van der Waals surface area contributed by atoms with Crippen LogP contribution in [0.2, 0.25) is 0 Å². The maximum atomic E-state index is 10.4. The van der Waals surface area contributed by atoms with Crippen LogP contribution in [0.25, 0.3) is 0 Å². The summed E-state index contributed by atoms with van der Waals surface area (Å²) < 4.78 is 0. The van der Waals surface area contributed by atoms with E-state index in [0.29, 0.717) is 0 Å². The molecule has 0 aromatic carbocycles. The molecule has 0 radical (unpaired) electrons. The van der Waals surface area contributed by atoms with E-state index in [1.807, 2.05) is 13.8 Å². The van der Waals surface area contributed by atoms with Gasteiger partial charge in [-0.05, 0) is 11.8 Å². The Morgan fingerprint density at radius 3 is 1.89 bits per heavy atom. The van der Waals surface area contributed by atoms with Crippen LogP contribution in [-0.2, 0) is 4.79 Å². The molecule has 0 bridgehead atoms. The molecular weight excluding hydrogens is 118 g/mol. The number of nitrogens with two attached hydrogens (primary N) is 1. The Hall–Kier alpha value is -0.570. The van der Waals surface area contributed by atoms with Gasteiger partial charge in [-0.2, -0.15) is 0 Å². The lowest BCUT2D eigenvalue weighted by molar-refractivity contribution is -0.140. The van der Waals surface area contributed by atoms with Gasteiger partial charge < -0.3 is 10.8 Å². The number of carbonyl (C=O) groups is 1. The molecule has 1 aliphatic carbocycles. The van der Waals surface area contributed by atoms with Gasteiger partial charge in [-0.1, -0.05) is 13.8 Å². The van der Waals surface area contributed by atoms with E-state index in [1.54, 1.807) is 0 Å².